The van der Waals surface area contributed by atoms with Crippen LogP contribution >= 0.6 is 27.5 Å². The molecule has 20 heavy (non-hydrogen) atoms. The number of pyridine rings is 1. The Morgan fingerprint density at radius 1 is 1.25 bits per heavy atom. The van der Waals surface area contributed by atoms with Crippen molar-refractivity contribution in [1.82, 2.24) is 14.5 Å². The average Bonchev–Trinajstić information content (AvgIpc) is 2.64. The van der Waals surface area contributed by atoms with Crippen LogP contribution in [0.25, 0.3) is 16.9 Å². The fourth-order valence-corrected chi connectivity index (χ4v) is 2.52. The van der Waals surface area contributed by atoms with Crippen LogP contribution in [0.3, 0.4) is 0 Å². The van der Waals surface area contributed by atoms with Crippen molar-refractivity contribution in [2.45, 2.75) is 0 Å². The van der Waals surface area contributed by atoms with Crippen molar-refractivity contribution >= 4 is 44.6 Å². The van der Waals surface area contributed by atoms with Crippen LogP contribution in [0.1, 0.15) is 0 Å². The highest BCUT2D eigenvalue weighted by atomic mass is 79.9. The molecular weight excluding hydrogens is 354 g/mol. The number of benzene rings is 1. The number of anilines is 1. The van der Waals surface area contributed by atoms with Gasteiger partial charge in [0, 0.05) is 16.7 Å². The summed E-state index contributed by atoms with van der Waals surface area (Å²) in [6, 6.07) is 3.42. The number of imidazole rings is 1. The van der Waals surface area contributed by atoms with E-state index in [4.69, 9.17) is 17.3 Å². The van der Waals surface area contributed by atoms with Gasteiger partial charge in [-0.1, -0.05) is 11.6 Å². The summed E-state index contributed by atoms with van der Waals surface area (Å²) >= 11 is 9.17. The zero-order valence-corrected chi connectivity index (χ0v) is 12.1. The number of nitrogens with zero attached hydrogens (tertiary/aromatic N) is 3. The molecule has 2 aromatic heterocycles. The molecule has 0 bridgehead atoms. The smallest absolute Gasteiger partial charge is 0.207 e. The molecule has 0 aliphatic heterocycles. The van der Waals surface area contributed by atoms with Gasteiger partial charge in [0.25, 0.3) is 0 Å². The number of rotatable bonds is 1. The van der Waals surface area contributed by atoms with Gasteiger partial charge in [0.2, 0.25) is 5.95 Å². The van der Waals surface area contributed by atoms with Crippen LogP contribution in [0.4, 0.5) is 14.7 Å². The molecular formula is C12H6BrClF2N4. The molecule has 1 aromatic carbocycles. The molecule has 0 aliphatic rings. The van der Waals surface area contributed by atoms with Crippen molar-refractivity contribution < 1.29 is 8.78 Å². The summed E-state index contributed by atoms with van der Waals surface area (Å²) in [5, 5.41) is -0.113. The van der Waals surface area contributed by atoms with Gasteiger partial charge < -0.3 is 5.73 Å². The molecule has 3 aromatic rings. The molecule has 0 unspecified atom stereocenters. The second-order valence-corrected chi connectivity index (χ2v) is 5.34. The van der Waals surface area contributed by atoms with E-state index in [1.54, 1.807) is 6.07 Å². The second-order valence-electron chi connectivity index (χ2n) is 4.02. The molecule has 2 N–H and O–H groups in total. The van der Waals surface area contributed by atoms with E-state index in [0.29, 0.717) is 15.6 Å². The molecule has 0 aliphatic carbocycles. The molecule has 2 heterocycles. The minimum Gasteiger partial charge on any atom is -0.369 e. The zero-order valence-electron chi connectivity index (χ0n) is 9.74. The topological polar surface area (TPSA) is 56.7 Å². The summed E-state index contributed by atoms with van der Waals surface area (Å²) in [4.78, 5) is 8.22. The van der Waals surface area contributed by atoms with Crippen LogP contribution in [-0.2, 0) is 0 Å². The van der Waals surface area contributed by atoms with Gasteiger partial charge in [-0.2, -0.15) is 0 Å². The highest BCUT2D eigenvalue weighted by Gasteiger charge is 2.18. The number of nitrogen functional groups attached to an aromatic ring is 1. The normalized spacial score (nSPS) is 11.2. The third-order valence-electron chi connectivity index (χ3n) is 2.70. The van der Waals surface area contributed by atoms with Crippen molar-refractivity contribution in [3.05, 3.63) is 45.5 Å². The standard InChI is InChI=1S/C12H6BrClF2N4/c13-5-1-9-11(18-4-5)20(12(17)19-9)10-7(14)2-6(15)3-8(10)16/h1-4H,(H2,17,19). The van der Waals surface area contributed by atoms with Crippen molar-refractivity contribution in [1.29, 1.82) is 0 Å². The van der Waals surface area contributed by atoms with E-state index in [9.17, 15) is 8.78 Å². The fraction of sp³-hybridized carbons (Fsp3) is 0. The molecule has 0 atom stereocenters. The Bertz CT molecular complexity index is 811. The fourth-order valence-electron chi connectivity index (χ4n) is 1.93. The summed E-state index contributed by atoms with van der Waals surface area (Å²) in [5.74, 6) is -1.60. The Balaban J connectivity index is 2.38. The van der Waals surface area contributed by atoms with E-state index >= 15 is 0 Å². The Hall–Kier alpha value is -1.73. The number of hydrogen-bond acceptors (Lipinski definition) is 3. The third-order valence-corrected chi connectivity index (χ3v) is 3.42. The Labute approximate surface area is 125 Å². The van der Waals surface area contributed by atoms with E-state index in [0.717, 1.165) is 12.1 Å². The molecule has 102 valence electrons. The van der Waals surface area contributed by atoms with Crippen LogP contribution in [0.2, 0.25) is 5.02 Å². The number of halogens is 4. The Morgan fingerprint density at radius 2 is 2.00 bits per heavy atom. The van der Waals surface area contributed by atoms with E-state index in [-0.39, 0.29) is 16.7 Å². The number of nitrogens with two attached hydrogens (primary N) is 1. The SMILES string of the molecule is Nc1nc2cc(Br)cnc2n1-c1c(F)cc(F)cc1Cl. The number of fused-ring (bicyclic) bond motifs is 1. The Kier molecular flexibility index (Phi) is 3.10. The first-order chi connectivity index (χ1) is 9.47. The van der Waals surface area contributed by atoms with Crippen LogP contribution in [-0.4, -0.2) is 14.5 Å². The van der Waals surface area contributed by atoms with E-state index in [1.165, 1.54) is 10.8 Å². The zero-order chi connectivity index (χ0) is 14.4. The van der Waals surface area contributed by atoms with Crippen molar-refractivity contribution in [3.8, 4) is 5.69 Å². The quantitative estimate of drug-likeness (QED) is 0.721. The lowest BCUT2D eigenvalue weighted by Crippen LogP contribution is -2.05. The molecule has 0 saturated heterocycles. The maximum Gasteiger partial charge on any atom is 0.207 e. The lowest BCUT2D eigenvalue weighted by molar-refractivity contribution is 0.579. The second kappa shape index (κ2) is 4.68. The van der Waals surface area contributed by atoms with Gasteiger partial charge in [0.15, 0.2) is 11.5 Å². The van der Waals surface area contributed by atoms with Gasteiger partial charge in [-0.3, -0.25) is 4.57 Å². The molecule has 3 rings (SSSR count). The van der Waals surface area contributed by atoms with Gasteiger partial charge in [-0.25, -0.2) is 18.7 Å². The van der Waals surface area contributed by atoms with Gasteiger partial charge in [-0.05, 0) is 28.1 Å². The Morgan fingerprint density at radius 3 is 2.70 bits per heavy atom. The summed E-state index contributed by atoms with van der Waals surface area (Å²) in [7, 11) is 0. The molecule has 4 nitrogen and oxygen atoms in total. The summed E-state index contributed by atoms with van der Waals surface area (Å²) in [6.07, 6.45) is 1.52. The summed E-state index contributed by atoms with van der Waals surface area (Å²) < 4.78 is 29.1. The predicted octanol–water partition coefficient (Wildman–Crippen LogP) is 3.70. The lowest BCUT2D eigenvalue weighted by atomic mass is 10.3. The van der Waals surface area contributed by atoms with Gasteiger partial charge in [0.05, 0.1) is 5.02 Å². The minimum atomic E-state index is -0.842. The molecule has 0 spiro atoms. The van der Waals surface area contributed by atoms with E-state index < -0.39 is 11.6 Å². The lowest BCUT2D eigenvalue weighted by Gasteiger charge is -2.09. The van der Waals surface area contributed by atoms with E-state index in [2.05, 4.69) is 25.9 Å². The maximum atomic E-state index is 14.0. The highest BCUT2D eigenvalue weighted by Crippen LogP contribution is 2.30. The molecule has 0 radical (unpaired) electrons. The van der Waals surface area contributed by atoms with E-state index in [1.807, 2.05) is 0 Å². The van der Waals surface area contributed by atoms with Crippen LogP contribution in [0.5, 0.6) is 0 Å². The van der Waals surface area contributed by atoms with Crippen LogP contribution in [0, 0.1) is 11.6 Å². The first-order valence-corrected chi connectivity index (χ1v) is 6.59. The van der Waals surface area contributed by atoms with Crippen molar-refractivity contribution in [3.63, 3.8) is 0 Å². The first kappa shape index (κ1) is 13.3. The monoisotopic (exact) mass is 358 g/mol. The molecule has 0 amide bonds. The maximum absolute atomic E-state index is 14.0. The largest absolute Gasteiger partial charge is 0.369 e. The van der Waals surface area contributed by atoms with Gasteiger partial charge >= 0.3 is 0 Å². The van der Waals surface area contributed by atoms with Crippen LogP contribution in [0.15, 0.2) is 28.9 Å². The molecule has 0 saturated carbocycles. The summed E-state index contributed by atoms with van der Waals surface area (Å²) in [5.41, 5.74) is 6.51. The first-order valence-electron chi connectivity index (χ1n) is 5.42. The van der Waals surface area contributed by atoms with Gasteiger partial charge in [0.1, 0.15) is 17.0 Å². The number of aromatic nitrogens is 3. The number of hydrogen-bond donors (Lipinski definition) is 1. The van der Waals surface area contributed by atoms with Gasteiger partial charge in [-0.15, -0.1) is 0 Å². The van der Waals surface area contributed by atoms with Crippen molar-refractivity contribution in [2.24, 2.45) is 0 Å². The predicted molar refractivity (Wildman–Crippen MR) is 75.9 cm³/mol. The van der Waals surface area contributed by atoms with Crippen LogP contribution < -0.4 is 5.73 Å². The summed E-state index contributed by atoms with van der Waals surface area (Å²) in [6.45, 7) is 0. The highest BCUT2D eigenvalue weighted by molar-refractivity contribution is 9.10. The average molecular weight is 360 g/mol. The molecule has 8 heteroatoms. The minimum absolute atomic E-state index is 0.0120. The third kappa shape index (κ3) is 2.03. The molecule has 0 fully saturated rings. The van der Waals surface area contributed by atoms with Crippen molar-refractivity contribution in [2.75, 3.05) is 5.73 Å².